The Kier molecular flexibility index (Phi) is 7.37. The van der Waals surface area contributed by atoms with Crippen LogP contribution in [0.25, 0.3) is 0 Å². The van der Waals surface area contributed by atoms with Gasteiger partial charge >= 0.3 is 6.03 Å². The van der Waals surface area contributed by atoms with Crippen molar-refractivity contribution in [2.24, 2.45) is 5.92 Å². The second kappa shape index (κ2) is 9.52. The van der Waals surface area contributed by atoms with Crippen molar-refractivity contribution in [3.63, 3.8) is 0 Å². The van der Waals surface area contributed by atoms with Crippen LogP contribution < -0.4 is 10.1 Å². The first kappa shape index (κ1) is 18.6. The molecule has 0 atom stereocenters. The van der Waals surface area contributed by atoms with E-state index in [2.05, 4.69) is 5.32 Å². The minimum Gasteiger partial charge on any atom is -0.493 e. The topological polar surface area (TPSA) is 61.8 Å². The summed E-state index contributed by atoms with van der Waals surface area (Å²) in [4.78, 5) is 14.0. The Morgan fingerprint density at radius 1 is 1.29 bits per heavy atom. The number of urea groups is 1. The first-order chi connectivity index (χ1) is 11.6. The van der Waals surface area contributed by atoms with Gasteiger partial charge in [0.1, 0.15) is 5.75 Å². The van der Waals surface area contributed by atoms with Crippen molar-refractivity contribution in [3.8, 4) is 5.75 Å². The van der Waals surface area contributed by atoms with Crippen LogP contribution in [0.3, 0.4) is 0 Å². The van der Waals surface area contributed by atoms with Crippen LogP contribution in [0.5, 0.6) is 5.75 Å². The number of aryl methyl sites for hydroxylation is 1. The molecule has 0 saturated heterocycles. The lowest BCUT2D eigenvalue weighted by Gasteiger charge is -2.34. The number of aliphatic hydroxyl groups is 1. The lowest BCUT2D eigenvalue weighted by atomic mass is 9.86. The summed E-state index contributed by atoms with van der Waals surface area (Å²) in [5.74, 6) is 1.32. The fraction of sp³-hybridized carbons (Fsp3) is 0.632. The highest BCUT2D eigenvalue weighted by molar-refractivity contribution is 5.74. The summed E-state index contributed by atoms with van der Waals surface area (Å²) in [5, 5.41) is 12.1. The van der Waals surface area contributed by atoms with Gasteiger partial charge in [0.2, 0.25) is 0 Å². The molecule has 0 spiro atoms. The minimum atomic E-state index is -0.0154. The van der Waals surface area contributed by atoms with E-state index in [1.807, 2.05) is 43.1 Å². The quantitative estimate of drug-likeness (QED) is 0.754. The molecule has 0 heterocycles. The van der Waals surface area contributed by atoms with E-state index < -0.39 is 0 Å². The number of carbonyl (C=O) groups is 1. The third kappa shape index (κ3) is 5.41. The molecule has 0 aliphatic heterocycles. The van der Waals surface area contributed by atoms with Gasteiger partial charge < -0.3 is 20.1 Å². The van der Waals surface area contributed by atoms with Gasteiger partial charge in [-0.2, -0.15) is 0 Å². The van der Waals surface area contributed by atoms with Gasteiger partial charge in [-0.25, -0.2) is 4.79 Å². The van der Waals surface area contributed by atoms with Gasteiger partial charge in [0.25, 0.3) is 0 Å². The number of benzene rings is 1. The highest BCUT2D eigenvalue weighted by Crippen LogP contribution is 2.26. The summed E-state index contributed by atoms with van der Waals surface area (Å²) >= 11 is 0. The van der Waals surface area contributed by atoms with Crippen molar-refractivity contribution in [1.82, 2.24) is 10.2 Å². The van der Waals surface area contributed by atoms with Crippen LogP contribution >= 0.6 is 0 Å². The molecular weight excluding hydrogens is 304 g/mol. The van der Waals surface area contributed by atoms with Crippen molar-refractivity contribution in [1.29, 1.82) is 0 Å². The maximum Gasteiger partial charge on any atom is 0.317 e. The van der Waals surface area contributed by atoms with Crippen LogP contribution in [0.4, 0.5) is 4.79 Å². The van der Waals surface area contributed by atoms with Gasteiger partial charge in [-0.05, 0) is 56.6 Å². The maximum absolute atomic E-state index is 12.2. The second-order valence-electron chi connectivity index (χ2n) is 6.67. The number of nitrogens with one attached hydrogen (secondary N) is 1. The van der Waals surface area contributed by atoms with E-state index in [0.29, 0.717) is 19.1 Å². The Hall–Kier alpha value is -1.75. The minimum absolute atomic E-state index is 0.0154. The molecule has 24 heavy (non-hydrogen) atoms. The van der Waals surface area contributed by atoms with E-state index in [1.165, 1.54) is 0 Å². The van der Waals surface area contributed by atoms with Crippen molar-refractivity contribution in [2.45, 2.75) is 45.1 Å². The second-order valence-corrected chi connectivity index (χ2v) is 6.67. The molecule has 2 amide bonds. The molecule has 5 heteroatoms. The standard InChI is InChI=1S/C19H30N2O3/c1-15-6-3-4-7-18(15)24-13-5-12-20-19(23)21(2)17-10-8-16(14-22)9-11-17/h3-4,6-7,16-17,22H,5,8-14H2,1-2H3,(H,20,23). The molecule has 0 aromatic heterocycles. The van der Waals surface area contributed by atoms with Crippen LogP contribution in [0.1, 0.15) is 37.7 Å². The van der Waals surface area contributed by atoms with Crippen LogP contribution in [0.2, 0.25) is 0 Å². The third-order valence-electron chi connectivity index (χ3n) is 4.89. The van der Waals surface area contributed by atoms with Crippen LogP contribution in [-0.4, -0.2) is 48.9 Å². The molecule has 0 unspecified atom stereocenters. The molecule has 1 aliphatic carbocycles. The Bertz CT molecular complexity index is 513. The van der Waals surface area contributed by atoms with E-state index in [9.17, 15) is 9.90 Å². The third-order valence-corrected chi connectivity index (χ3v) is 4.89. The average Bonchev–Trinajstić information content (AvgIpc) is 2.62. The largest absolute Gasteiger partial charge is 0.493 e. The monoisotopic (exact) mass is 334 g/mol. The molecule has 5 nitrogen and oxygen atoms in total. The van der Waals surface area contributed by atoms with Crippen LogP contribution in [0, 0.1) is 12.8 Å². The number of rotatable bonds is 7. The zero-order chi connectivity index (χ0) is 17.4. The predicted molar refractivity (Wildman–Crippen MR) is 95.3 cm³/mol. The number of hydrogen-bond acceptors (Lipinski definition) is 3. The van der Waals surface area contributed by atoms with E-state index in [4.69, 9.17) is 4.74 Å². The molecule has 2 N–H and O–H groups in total. The number of nitrogens with zero attached hydrogens (tertiary/aromatic N) is 1. The van der Waals surface area contributed by atoms with Gasteiger partial charge in [0, 0.05) is 26.2 Å². The van der Waals surface area contributed by atoms with Crippen molar-refractivity contribution >= 4 is 6.03 Å². The molecule has 1 aliphatic rings. The molecule has 0 bridgehead atoms. The Morgan fingerprint density at radius 2 is 2.00 bits per heavy atom. The number of carbonyl (C=O) groups excluding carboxylic acids is 1. The fourth-order valence-corrected chi connectivity index (χ4v) is 3.17. The SMILES string of the molecule is Cc1ccccc1OCCCNC(=O)N(C)C1CCC(CO)CC1. The van der Waals surface area contributed by atoms with Gasteiger partial charge in [0.05, 0.1) is 6.61 Å². The molecular formula is C19H30N2O3. The molecule has 1 saturated carbocycles. The first-order valence-electron chi connectivity index (χ1n) is 8.91. The number of aliphatic hydroxyl groups excluding tert-OH is 1. The van der Waals surface area contributed by atoms with Crippen molar-refractivity contribution in [2.75, 3.05) is 26.8 Å². The van der Waals surface area contributed by atoms with Crippen LogP contribution in [0.15, 0.2) is 24.3 Å². The number of hydrogen-bond donors (Lipinski definition) is 2. The Labute approximate surface area is 145 Å². The highest BCUT2D eigenvalue weighted by Gasteiger charge is 2.25. The summed E-state index contributed by atoms with van der Waals surface area (Å²) < 4.78 is 5.73. The summed E-state index contributed by atoms with van der Waals surface area (Å²) in [6, 6.07) is 8.22. The van der Waals surface area contributed by atoms with E-state index >= 15 is 0 Å². The lowest BCUT2D eigenvalue weighted by Crippen LogP contribution is -2.45. The fourth-order valence-electron chi connectivity index (χ4n) is 3.17. The Morgan fingerprint density at radius 3 is 2.67 bits per heavy atom. The average molecular weight is 334 g/mol. The van der Waals surface area contributed by atoms with Gasteiger partial charge in [-0.15, -0.1) is 0 Å². The zero-order valence-electron chi connectivity index (χ0n) is 14.8. The lowest BCUT2D eigenvalue weighted by molar-refractivity contribution is 0.134. The predicted octanol–water partition coefficient (Wildman–Crippen LogP) is 2.96. The normalized spacial score (nSPS) is 20.5. The number of amides is 2. The Balaban J connectivity index is 1.61. The number of ether oxygens (including phenoxy) is 1. The first-order valence-corrected chi connectivity index (χ1v) is 8.91. The summed E-state index contributed by atoms with van der Waals surface area (Å²) in [5.41, 5.74) is 1.12. The molecule has 2 rings (SSSR count). The van der Waals surface area contributed by atoms with Crippen molar-refractivity contribution < 1.29 is 14.6 Å². The molecule has 134 valence electrons. The molecule has 0 radical (unpaired) electrons. The summed E-state index contributed by atoms with van der Waals surface area (Å²) in [7, 11) is 1.86. The van der Waals surface area contributed by atoms with Gasteiger partial charge in [0.15, 0.2) is 0 Å². The highest BCUT2D eigenvalue weighted by atomic mass is 16.5. The van der Waals surface area contributed by atoms with Crippen LogP contribution in [-0.2, 0) is 0 Å². The van der Waals surface area contributed by atoms with Gasteiger partial charge in [-0.1, -0.05) is 18.2 Å². The van der Waals surface area contributed by atoms with Crippen molar-refractivity contribution in [3.05, 3.63) is 29.8 Å². The summed E-state index contributed by atoms with van der Waals surface area (Å²) in [6.45, 7) is 3.50. The van der Waals surface area contributed by atoms with E-state index in [0.717, 1.165) is 43.4 Å². The van der Waals surface area contributed by atoms with E-state index in [1.54, 1.807) is 0 Å². The molecule has 1 fully saturated rings. The zero-order valence-corrected chi connectivity index (χ0v) is 14.8. The van der Waals surface area contributed by atoms with Gasteiger partial charge in [-0.3, -0.25) is 0 Å². The molecule has 1 aromatic carbocycles. The van der Waals surface area contributed by atoms with E-state index in [-0.39, 0.29) is 18.7 Å². The number of para-hydroxylation sites is 1. The molecule has 1 aromatic rings. The summed E-state index contributed by atoms with van der Waals surface area (Å²) in [6.07, 6.45) is 4.74. The smallest absolute Gasteiger partial charge is 0.317 e. The maximum atomic E-state index is 12.2.